The van der Waals surface area contributed by atoms with Crippen LogP contribution in [0.25, 0.3) is 0 Å². The third-order valence-electron chi connectivity index (χ3n) is 0.554. The number of phosphoric ester groups is 1. The van der Waals surface area contributed by atoms with Gasteiger partial charge in [-0.15, -0.1) is 0 Å². The summed E-state index contributed by atoms with van der Waals surface area (Å²) in [5.41, 5.74) is 0. The van der Waals surface area contributed by atoms with Crippen LogP contribution in [0.3, 0.4) is 0 Å². The van der Waals surface area contributed by atoms with Crippen molar-refractivity contribution >= 4 is 53.4 Å². The van der Waals surface area contributed by atoms with Gasteiger partial charge in [0.25, 0.3) is 0 Å². The van der Waals surface area contributed by atoms with E-state index in [2.05, 4.69) is 8.83 Å². The Labute approximate surface area is 108 Å². The summed E-state index contributed by atoms with van der Waals surface area (Å²) in [7, 11) is -9.61. The van der Waals surface area contributed by atoms with Gasteiger partial charge in [-0.05, 0) is 13.8 Å². The fourth-order valence-electron chi connectivity index (χ4n) is 0.420. The van der Waals surface area contributed by atoms with E-state index in [4.69, 9.17) is 14.7 Å². The second kappa shape index (κ2) is 6.18. The molecule has 13 heavy (non-hydrogen) atoms. The van der Waals surface area contributed by atoms with Gasteiger partial charge in [-0.2, -0.15) is 4.31 Å². The minimum atomic E-state index is -4.98. The van der Waals surface area contributed by atoms with Crippen molar-refractivity contribution in [1.29, 1.82) is 0 Å². The van der Waals surface area contributed by atoms with E-state index in [9.17, 15) is 9.13 Å². The number of hydrogen-bond donors (Lipinski definition) is 3. The fraction of sp³-hybridized carbons (Fsp3) is 1.00. The predicted octanol–water partition coefficient (Wildman–Crippen LogP) is 0.465. The molecule has 0 saturated carbocycles. The minimum absolute atomic E-state index is 0. The molecule has 0 aliphatic rings. The van der Waals surface area contributed by atoms with Crippen LogP contribution >= 0.6 is 15.6 Å². The third kappa shape index (κ3) is 11.4. The summed E-state index contributed by atoms with van der Waals surface area (Å²) in [6.07, 6.45) is -0.660. The molecule has 1 unspecified atom stereocenters. The molecule has 0 aromatic rings. The molecule has 1 atom stereocenters. The maximum absolute atomic E-state index is 10.7. The van der Waals surface area contributed by atoms with E-state index in [1.165, 1.54) is 13.8 Å². The Morgan fingerprint density at radius 3 is 1.85 bits per heavy atom. The Morgan fingerprint density at radius 2 is 1.62 bits per heavy atom. The Bertz CT molecular complexity index is 242. The second-order valence-corrected chi connectivity index (χ2v) is 4.98. The van der Waals surface area contributed by atoms with Crippen LogP contribution in [0, 0.1) is 0 Å². The summed E-state index contributed by atoms with van der Waals surface area (Å²) < 4.78 is 28.4. The molecule has 0 aliphatic carbocycles. The van der Waals surface area contributed by atoms with Crippen molar-refractivity contribution < 1.29 is 35.5 Å². The van der Waals surface area contributed by atoms with E-state index in [1.807, 2.05) is 0 Å². The fourth-order valence-corrected chi connectivity index (χ4v) is 2.18. The molecule has 10 heteroatoms. The average Bonchev–Trinajstić information content (AvgIpc) is 1.48. The van der Waals surface area contributed by atoms with Gasteiger partial charge in [0.15, 0.2) is 0 Å². The van der Waals surface area contributed by atoms with Crippen molar-refractivity contribution in [3.8, 4) is 0 Å². The summed E-state index contributed by atoms with van der Waals surface area (Å²) in [5, 5.41) is 0. The molecule has 0 amide bonds. The maximum atomic E-state index is 10.7. The van der Waals surface area contributed by atoms with Crippen LogP contribution in [-0.2, 0) is 18.0 Å². The molecular weight excluding hydrogens is 250 g/mol. The first-order valence-corrected chi connectivity index (χ1v) is 5.93. The van der Waals surface area contributed by atoms with E-state index < -0.39 is 21.7 Å². The molecule has 0 saturated heterocycles. The Balaban J connectivity index is -0.000000202. The monoisotopic (exact) mass is 262 g/mol. The van der Waals surface area contributed by atoms with Crippen LogP contribution in [0.2, 0.25) is 0 Å². The van der Waals surface area contributed by atoms with E-state index in [0.717, 1.165) is 0 Å². The first-order chi connectivity index (χ1) is 5.12. The van der Waals surface area contributed by atoms with Crippen molar-refractivity contribution in [2.45, 2.75) is 20.0 Å². The summed E-state index contributed by atoms with van der Waals surface area (Å²) in [6, 6.07) is 0. The zero-order valence-electron chi connectivity index (χ0n) is 9.15. The third-order valence-corrected chi connectivity index (χ3v) is 2.92. The van der Waals surface area contributed by atoms with Crippen molar-refractivity contribution in [3.05, 3.63) is 0 Å². The van der Waals surface area contributed by atoms with Gasteiger partial charge in [0.05, 0.1) is 6.10 Å². The zero-order chi connectivity index (χ0) is 9.99. The Hall–Kier alpha value is 1.52. The van der Waals surface area contributed by atoms with Gasteiger partial charge < -0.3 is 17.5 Å². The molecule has 0 aromatic carbocycles. The molecule has 0 fully saturated rings. The predicted molar refractivity (Wildman–Crippen MR) is 47.2 cm³/mol. The van der Waals surface area contributed by atoms with Gasteiger partial charge in [-0.25, -0.2) is 9.13 Å². The van der Waals surface area contributed by atoms with E-state index in [1.54, 1.807) is 0 Å². The van der Waals surface area contributed by atoms with Gasteiger partial charge in [0.1, 0.15) is 0 Å². The molecule has 7 nitrogen and oxygen atoms in total. The SMILES string of the molecule is CC(C)OP(=O)(O)OP(=O)(O)O.[Ca+2].[H-].[H-]. The van der Waals surface area contributed by atoms with Crippen LogP contribution in [0.4, 0.5) is 0 Å². The second-order valence-electron chi connectivity index (χ2n) is 2.19. The number of phosphoric acid groups is 2. The van der Waals surface area contributed by atoms with Gasteiger partial charge >= 0.3 is 53.4 Å². The molecule has 3 N–H and O–H groups in total. The van der Waals surface area contributed by atoms with Gasteiger partial charge in [0.2, 0.25) is 0 Å². The molecule has 0 bridgehead atoms. The topological polar surface area (TPSA) is 113 Å². The van der Waals surface area contributed by atoms with Gasteiger partial charge in [0, 0.05) is 0 Å². The zero-order valence-corrected chi connectivity index (χ0v) is 11.2. The Kier molecular flexibility index (Phi) is 8.05. The summed E-state index contributed by atoms with van der Waals surface area (Å²) in [6.45, 7) is 2.85. The molecule has 0 rings (SSSR count). The summed E-state index contributed by atoms with van der Waals surface area (Å²) >= 11 is 0. The standard InChI is InChI=1S/C3H10O7P2.Ca.2H/c1-3(2)9-12(7,8)10-11(4,5)6;;;/h3H,1-2H3,(H,7,8)(H2,4,5,6);;;/q;+2;2*-1. The number of hydrogen-bond acceptors (Lipinski definition) is 4. The molecule has 0 spiro atoms. The molecular formula is C3H12CaO7P2. The van der Waals surface area contributed by atoms with Crippen LogP contribution in [0.5, 0.6) is 0 Å². The summed E-state index contributed by atoms with van der Waals surface area (Å²) in [5.74, 6) is 0. The maximum Gasteiger partial charge on any atom is 2.00 e. The molecule has 0 radical (unpaired) electrons. The van der Waals surface area contributed by atoms with Gasteiger partial charge in [-0.1, -0.05) is 0 Å². The smallest absolute Gasteiger partial charge is 1.00 e. The van der Waals surface area contributed by atoms with E-state index >= 15 is 0 Å². The minimum Gasteiger partial charge on any atom is -1.00 e. The van der Waals surface area contributed by atoms with Gasteiger partial charge in [-0.3, -0.25) is 4.52 Å². The first kappa shape index (κ1) is 16.9. The van der Waals surface area contributed by atoms with Crippen molar-refractivity contribution in [2.24, 2.45) is 0 Å². The largest absolute Gasteiger partial charge is 2.00 e. The normalized spacial score (nSPS) is 16.5. The molecule has 78 valence electrons. The van der Waals surface area contributed by atoms with Crippen molar-refractivity contribution in [2.75, 3.05) is 0 Å². The van der Waals surface area contributed by atoms with Crippen molar-refractivity contribution in [3.63, 3.8) is 0 Å². The van der Waals surface area contributed by atoms with Crippen LogP contribution in [-0.4, -0.2) is 58.5 Å². The molecule has 0 heterocycles. The van der Waals surface area contributed by atoms with E-state index in [-0.39, 0.29) is 40.6 Å². The van der Waals surface area contributed by atoms with Crippen molar-refractivity contribution in [1.82, 2.24) is 0 Å². The first-order valence-electron chi connectivity index (χ1n) is 2.90. The quantitative estimate of drug-likeness (QED) is 0.498. The van der Waals surface area contributed by atoms with E-state index in [0.29, 0.717) is 0 Å². The van der Waals surface area contributed by atoms with Crippen LogP contribution in [0.1, 0.15) is 16.7 Å². The molecule has 0 aliphatic heterocycles. The van der Waals surface area contributed by atoms with Crippen LogP contribution < -0.4 is 0 Å². The molecule has 0 aromatic heterocycles. The van der Waals surface area contributed by atoms with Crippen LogP contribution in [0.15, 0.2) is 0 Å². The summed E-state index contributed by atoms with van der Waals surface area (Å²) in [4.78, 5) is 24.9. The average molecular weight is 262 g/mol. The number of rotatable bonds is 4. The Morgan fingerprint density at radius 1 is 1.23 bits per heavy atom.